The minimum absolute atomic E-state index is 0.801. The van der Waals surface area contributed by atoms with Crippen LogP contribution >= 0.6 is 11.3 Å². The van der Waals surface area contributed by atoms with Gasteiger partial charge in [-0.3, -0.25) is 0 Å². The number of nitriles is 1. The molecule has 0 bridgehead atoms. The Morgan fingerprint density at radius 3 is 2.86 bits per heavy atom. The topological polar surface area (TPSA) is 23.8 Å². The molecule has 2 rings (SSSR count). The van der Waals surface area contributed by atoms with Crippen LogP contribution in [0.5, 0.6) is 0 Å². The van der Waals surface area contributed by atoms with Crippen molar-refractivity contribution in [2.75, 3.05) is 0 Å². The highest BCUT2D eigenvalue weighted by Gasteiger charge is 2.08. The maximum absolute atomic E-state index is 8.97. The van der Waals surface area contributed by atoms with E-state index in [9.17, 15) is 0 Å². The Morgan fingerprint density at radius 1 is 1.43 bits per heavy atom. The fourth-order valence-electron chi connectivity index (χ4n) is 1.77. The van der Waals surface area contributed by atoms with E-state index in [0.717, 1.165) is 16.7 Å². The van der Waals surface area contributed by atoms with E-state index in [4.69, 9.17) is 5.26 Å². The summed E-state index contributed by atoms with van der Waals surface area (Å²) in [5, 5.41) is 12.4. The molecule has 2 heteroatoms. The highest BCUT2D eigenvalue weighted by molar-refractivity contribution is 7.17. The van der Waals surface area contributed by atoms with Gasteiger partial charge in [-0.1, -0.05) is 13.0 Å². The summed E-state index contributed by atoms with van der Waals surface area (Å²) in [5.74, 6) is 0. The SMILES string of the molecule is CCc1ccc(C#N)c2scc(C)c12. The van der Waals surface area contributed by atoms with Gasteiger partial charge >= 0.3 is 0 Å². The van der Waals surface area contributed by atoms with Gasteiger partial charge in [-0.2, -0.15) is 5.26 Å². The van der Waals surface area contributed by atoms with E-state index in [2.05, 4.69) is 31.4 Å². The van der Waals surface area contributed by atoms with Crippen molar-refractivity contribution in [3.05, 3.63) is 34.2 Å². The number of benzene rings is 1. The van der Waals surface area contributed by atoms with Gasteiger partial charge in [0.05, 0.1) is 10.3 Å². The Balaban J connectivity index is 2.89. The first kappa shape index (κ1) is 9.23. The van der Waals surface area contributed by atoms with Crippen molar-refractivity contribution in [1.29, 1.82) is 5.26 Å². The van der Waals surface area contributed by atoms with Gasteiger partial charge in [-0.15, -0.1) is 11.3 Å². The Morgan fingerprint density at radius 2 is 2.21 bits per heavy atom. The van der Waals surface area contributed by atoms with E-state index in [1.807, 2.05) is 6.07 Å². The molecule has 1 aromatic carbocycles. The zero-order chi connectivity index (χ0) is 10.1. The summed E-state index contributed by atoms with van der Waals surface area (Å²) in [5.41, 5.74) is 3.44. The molecule has 0 N–H and O–H groups in total. The van der Waals surface area contributed by atoms with Crippen molar-refractivity contribution >= 4 is 21.4 Å². The normalized spacial score (nSPS) is 10.4. The lowest BCUT2D eigenvalue weighted by molar-refractivity contribution is 1.16. The number of aryl methyl sites for hydroxylation is 2. The minimum Gasteiger partial charge on any atom is -0.192 e. The third-order valence-corrected chi connectivity index (χ3v) is 3.62. The number of hydrogen-bond donors (Lipinski definition) is 0. The smallest absolute Gasteiger partial charge is 0.101 e. The number of fused-ring (bicyclic) bond motifs is 1. The second-order valence-electron chi connectivity index (χ2n) is 3.36. The fraction of sp³-hybridized carbons (Fsp3) is 0.250. The zero-order valence-corrected chi connectivity index (χ0v) is 9.11. The number of rotatable bonds is 1. The van der Waals surface area contributed by atoms with Crippen molar-refractivity contribution in [2.24, 2.45) is 0 Å². The van der Waals surface area contributed by atoms with Gasteiger partial charge in [-0.25, -0.2) is 0 Å². The van der Waals surface area contributed by atoms with Crippen LogP contribution in [0.1, 0.15) is 23.6 Å². The van der Waals surface area contributed by atoms with E-state index in [0.29, 0.717) is 0 Å². The van der Waals surface area contributed by atoms with Crippen molar-refractivity contribution in [1.82, 2.24) is 0 Å². The van der Waals surface area contributed by atoms with Crippen molar-refractivity contribution < 1.29 is 0 Å². The second kappa shape index (κ2) is 3.43. The lowest BCUT2D eigenvalue weighted by Crippen LogP contribution is -1.84. The van der Waals surface area contributed by atoms with Crippen molar-refractivity contribution in [2.45, 2.75) is 20.3 Å². The molecule has 0 aliphatic carbocycles. The highest BCUT2D eigenvalue weighted by atomic mass is 32.1. The second-order valence-corrected chi connectivity index (χ2v) is 4.24. The van der Waals surface area contributed by atoms with Gasteiger partial charge in [0.2, 0.25) is 0 Å². The lowest BCUT2D eigenvalue weighted by atomic mass is 10.0. The summed E-state index contributed by atoms with van der Waals surface area (Å²) >= 11 is 1.67. The van der Waals surface area contributed by atoms with E-state index >= 15 is 0 Å². The maximum Gasteiger partial charge on any atom is 0.101 e. The largest absolute Gasteiger partial charge is 0.192 e. The summed E-state index contributed by atoms with van der Waals surface area (Å²) in [6, 6.07) is 6.24. The predicted molar refractivity (Wildman–Crippen MR) is 60.7 cm³/mol. The molecule has 1 nitrogen and oxygen atoms in total. The first-order chi connectivity index (χ1) is 6.77. The molecular weight excluding hydrogens is 190 g/mol. The van der Waals surface area contributed by atoms with Crippen LogP contribution in [-0.4, -0.2) is 0 Å². The third kappa shape index (κ3) is 1.21. The minimum atomic E-state index is 0.801. The molecule has 0 radical (unpaired) electrons. The van der Waals surface area contributed by atoms with Crippen LogP contribution in [0.15, 0.2) is 17.5 Å². The molecule has 0 aliphatic heterocycles. The van der Waals surface area contributed by atoms with Crippen LogP contribution < -0.4 is 0 Å². The number of nitrogens with zero attached hydrogens (tertiary/aromatic N) is 1. The third-order valence-electron chi connectivity index (χ3n) is 2.49. The van der Waals surface area contributed by atoms with Gasteiger partial charge in [-0.05, 0) is 41.3 Å². The molecule has 0 aliphatic rings. The fourth-order valence-corrected chi connectivity index (χ4v) is 2.83. The van der Waals surface area contributed by atoms with Crippen LogP contribution in [0.25, 0.3) is 10.1 Å². The maximum atomic E-state index is 8.97. The molecule has 14 heavy (non-hydrogen) atoms. The molecule has 0 saturated carbocycles. The summed E-state index contributed by atoms with van der Waals surface area (Å²) in [4.78, 5) is 0. The first-order valence-electron chi connectivity index (χ1n) is 4.67. The summed E-state index contributed by atoms with van der Waals surface area (Å²) < 4.78 is 1.14. The van der Waals surface area contributed by atoms with Crippen LogP contribution in [0, 0.1) is 18.3 Å². The van der Waals surface area contributed by atoms with Gasteiger partial charge in [0.25, 0.3) is 0 Å². The molecule has 2 aromatic rings. The number of thiophene rings is 1. The van der Waals surface area contributed by atoms with E-state index in [1.165, 1.54) is 16.5 Å². The lowest BCUT2D eigenvalue weighted by Gasteiger charge is -2.01. The van der Waals surface area contributed by atoms with Crippen LogP contribution in [0.4, 0.5) is 0 Å². The molecule has 70 valence electrons. The Labute approximate surface area is 87.6 Å². The first-order valence-corrected chi connectivity index (χ1v) is 5.55. The Kier molecular flexibility index (Phi) is 2.26. The summed E-state index contributed by atoms with van der Waals surface area (Å²) in [6.45, 7) is 4.26. The molecular formula is C12H11NS. The molecule has 0 atom stereocenters. The van der Waals surface area contributed by atoms with Gasteiger partial charge in [0, 0.05) is 0 Å². The molecule has 0 amide bonds. The van der Waals surface area contributed by atoms with Crippen LogP contribution in [0.2, 0.25) is 0 Å². The van der Waals surface area contributed by atoms with E-state index in [1.54, 1.807) is 11.3 Å². The van der Waals surface area contributed by atoms with Crippen molar-refractivity contribution in [3.8, 4) is 6.07 Å². The average molecular weight is 201 g/mol. The van der Waals surface area contributed by atoms with E-state index < -0.39 is 0 Å². The summed E-state index contributed by atoms with van der Waals surface area (Å²) in [7, 11) is 0. The highest BCUT2D eigenvalue weighted by Crippen LogP contribution is 2.31. The molecule has 0 fully saturated rings. The van der Waals surface area contributed by atoms with Crippen molar-refractivity contribution in [3.63, 3.8) is 0 Å². The van der Waals surface area contributed by atoms with Gasteiger partial charge in [0.15, 0.2) is 0 Å². The molecule has 1 aromatic heterocycles. The predicted octanol–water partition coefficient (Wildman–Crippen LogP) is 3.64. The molecule has 1 heterocycles. The van der Waals surface area contributed by atoms with Crippen LogP contribution in [-0.2, 0) is 6.42 Å². The molecule has 0 unspecified atom stereocenters. The Hall–Kier alpha value is -1.33. The van der Waals surface area contributed by atoms with Crippen LogP contribution in [0.3, 0.4) is 0 Å². The van der Waals surface area contributed by atoms with E-state index in [-0.39, 0.29) is 0 Å². The standard InChI is InChI=1S/C12H11NS/c1-3-9-4-5-10(6-13)12-11(9)8(2)7-14-12/h4-5,7H,3H2,1-2H3. The summed E-state index contributed by atoms with van der Waals surface area (Å²) in [6.07, 6.45) is 1.03. The molecule has 0 saturated heterocycles. The molecule has 0 spiro atoms. The van der Waals surface area contributed by atoms with Gasteiger partial charge in [0.1, 0.15) is 6.07 Å². The monoisotopic (exact) mass is 201 g/mol. The zero-order valence-electron chi connectivity index (χ0n) is 8.29. The van der Waals surface area contributed by atoms with Gasteiger partial charge < -0.3 is 0 Å². The Bertz CT molecular complexity index is 517. The number of hydrogen-bond acceptors (Lipinski definition) is 2. The average Bonchev–Trinajstić information content (AvgIpc) is 2.60. The quantitative estimate of drug-likeness (QED) is 0.691.